The highest BCUT2D eigenvalue weighted by molar-refractivity contribution is 7.15. The topological polar surface area (TPSA) is 186 Å². The maximum Gasteiger partial charge on any atom is 0.264 e. The number of halogens is 1. The van der Waals surface area contributed by atoms with Crippen molar-refractivity contribution in [1.82, 2.24) is 30.3 Å². The van der Waals surface area contributed by atoms with E-state index in [1.807, 2.05) is 66.9 Å². The number of piperidine rings is 1. The van der Waals surface area contributed by atoms with Gasteiger partial charge < -0.3 is 20.1 Å². The molecule has 0 spiro atoms. The highest BCUT2D eigenvalue weighted by Gasteiger charge is 2.45. The van der Waals surface area contributed by atoms with Gasteiger partial charge in [0, 0.05) is 39.7 Å². The number of fused-ring (bicyclic) bond motifs is 4. The number of carbonyl (C=O) groups excluding carboxylic acids is 5. The minimum atomic E-state index is -1.03. The van der Waals surface area contributed by atoms with Gasteiger partial charge in [-0.2, -0.15) is 0 Å². The highest BCUT2D eigenvalue weighted by atomic mass is 35.5. The van der Waals surface area contributed by atoms with Gasteiger partial charge in [-0.25, -0.2) is 0 Å². The summed E-state index contributed by atoms with van der Waals surface area (Å²) in [6.07, 6.45) is 0.207. The predicted molar refractivity (Wildman–Crippen MR) is 229 cm³/mol. The van der Waals surface area contributed by atoms with Gasteiger partial charge in [-0.1, -0.05) is 41.9 Å². The lowest BCUT2D eigenvalue weighted by Gasteiger charge is -2.27. The molecule has 3 N–H and O–H groups in total. The van der Waals surface area contributed by atoms with Crippen molar-refractivity contribution in [2.45, 2.75) is 65.1 Å². The molecule has 2 aromatic heterocycles. The Kier molecular flexibility index (Phi) is 11.8. The molecule has 314 valence electrons. The summed E-state index contributed by atoms with van der Waals surface area (Å²) in [5, 5.41) is 19.0. The zero-order valence-corrected chi connectivity index (χ0v) is 35.5. The van der Waals surface area contributed by atoms with E-state index in [0.717, 1.165) is 43.7 Å². The van der Waals surface area contributed by atoms with E-state index in [1.165, 1.54) is 4.88 Å². The van der Waals surface area contributed by atoms with Gasteiger partial charge in [-0.05, 0) is 81.6 Å². The molecule has 5 amide bonds. The van der Waals surface area contributed by atoms with Crippen molar-refractivity contribution in [1.29, 1.82) is 0 Å². The lowest BCUT2D eigenvalue weighted by atomic mass is 9.99. The third kappa shape index (κ3) is 8.30. The van der Waals surface area contributed by atoms with Gasteiger partial charge in [0.05, 0.1) is 42.5 Å². The van der Waals surface area contributed by atoms with Crippen molar-refractivity contribution < 1.29 is 33.4 Å². The summed E-state index contributed by atoms with van der Waals surface area (Å²) in [6, 6.07) is 18.1. The maximum absolute atomic E-state index is 13.7. The predicted octanol–water partition coefficient (Wildman–Crippen LogP) is 5.98. The summed E-state index contributed by atoms with van der Waals surface area (Å²) in [4.78, 5) is 71.4. The maximum atomic E-state index is 13.7. The first-order valence-corrected chi connectivity index (χ1v) is 21.1. The van der Waals surface area contributed by atoms with E-state index in [2.05, 4.69) is 40.0 Å². The van der Waals surface area contributed by atoms with Gasteiger partial charge in [0.2, 0.25) is 17.7 Å². The standard InChI is InChI=1S/C44H43ClN8O7S/c1-23-25(3)61-44-37(23)39(28-8-12-29(45)13-9-28)48-33(40-51-50-26(4)52(40)44)22-36(55)47-24(2)27-10-14-30(15-11-27)60-21-20-59-19-18-46-32-7-5-6-31-38(32)43(58)53(42(31)57)34-16-17-35(54)49-41(34)56/h5-15,24,33-34,46H,16-22H2,1-4H3,(H,47,55)(H,49,54,56)/t24-,33-,34?/m0/s1. The molecule has 1 saturated heterocycles. The number of anilines is 1. The Morgan fingerprint density at radius 3 is 2.48 bits per heavy atom. The Morgan fingerprint density at radius 1 is 0.951 bits per heavy atom. The summed E-state index contributed by atoms with van der Waals surface area (Å²) in [5.41, 5.74) is 5.56. The number of aromatic nitrogens is 3. The molecule has 3 aromatic carbocycles. The molecule has 1 unspecified atom stereocenters. The fourth-order valence-corrected chi connectivity index (χ4v) is 9.13. The summed E-state index contributed by atoms with van der Waals surface area (Å²) in [7, 11) is 0. The Hall–Kier alpha value is -6.23. The van der Waals surface area contributed by atoms with Crippen molar-refractivity contribution >= 4 is 63.9 Å². The van der Waals surface area contributed by atoms with Crippen LogP contribution in [-0.2, 0) is 19.1 Å². The molecule has 3 atom stereocenters. The van der Waals surface area contributed by atoms with Crippen LogP contribution < -0.4 is 20.7 Å². The second kappa shape index (κ2) is 17.4. The van der Waals surface area contributed by atoms with Gasteiger partial charge in [-0.3, -0.25) is 43.7 Å². The average Bonchev–Trinajstić information content (AvgIpc) is 3.82. The molecule has 5 aromatic rings. The summed E-state index contributed by atoms with van der Waals surface area (Å²) < 4.78 is 13.6. The van der Waals surface area contributed by atoms with Crippen LogP contribution >= 0.6 is 22.9 Å². The van der Waals surface area contributed by atoms with E-state index >= 15 is 0 Å². The second-order valence-corrected chi connectivity index (χ2v) is 16.7. The molecular weight excluding hydrogens is 820 g/mol. The lowest BCUT2D eigenvalue weighted by Crippen LogP contribution is -2.54. The molecule has 0 bridgehead atoms. The van der Waals surface area contributed by atoms with E-state index in [4.69, 9.17) is 26.1 Å². The number of hydrogen-bond donors (Lipinski definition) is 3. The third-order valence-electron chi connectivity index (χ3n) is 11.0. The van der Waals surface area contributed by atoms with Crippen LogP contribution in [0.3, 0.4) is 0 Å². The first-order chi connectivity index (χ1) is 29.4. The zero-order chi connectivity index (χ0) is 42.9. The molecule has 1 fully saturated rings. The number of aryl methyl sites for hydroxylation is 2. The minimum absolute atomic E-state index is 0.0518. The minimum Gasteiger partial charge on any atom is -0.491 e. The smallest absolute Gasteiger partial charge is 0.264 e. The number of rotatable bonds is 14. The Morgan fingerprint density at radius 2 is 1.72 bits per heavy atom. The molecule has 17 heteroatoms. The number of nitrogens with one attached hydrogen (secondary N) is 3. The normalized spacial score (nSPS) is 17.5. The number of amides is 5. The number of imide groups is 2. The molecule has 5 heterocycles. The molecular formula is C44H43ClN8O7S. The monoisotopic (exact) mass is 862 g/mol. The molecule has 61 heavy (non-hydrogen) atoms. The van der Waals surface area contributed by atoms with Crippen molar-refractivity contribution in [3.63, 3.8) is 0 Å². The largest absolute Gasteiger partial charge is 0.491 e. The van der Waals surface area contributed by atoms with Crippen LogP contribution in [0.1, 0.15) is 97.8 Å². The zero-order valence-electron chi connectivity index (χ0n) is 33.9. The van der Waals surface area contributed by atoms with E-state index in [0.29, 0.717) is 42.0 Å². The molecule has 8 rings (SSSR count). The van der Waals surface area contributed by atoms with E-state index in [-0.39, 0.29) is 48.9 Å². The molecule has 3 aliphatic heterocycles. The number of nitrogens with zero attached hydrogens (tertiary/aromatic N) is 5. The quantitative estimate of drug-likeness (QED) is 0.0887. The van der Waals surface area contributed by atoms with Gasteiger partial charge >= 0.3 is 0 Å². The van der Waals surface area contributed by atoms with Crippen LogP contribution in [0.15, 0.2) is 71.7 Å². The first kappa shape index (κ1) is 41.5. The number of hydrogen-bond acceptors (Lipinski definition) is 12. The molecule has 0 aliphatic carbocycles. The Labute approximate surface area is 360 Å². The highest BCUT2D eigenvalue weighted by Crippen LogP contribution is 2.40. The Balaban J connectivity index is 0.821. The van der Waals surface area contributed by atoms with E-state index in [1.54, 1.807) is 29.5 Å². The average molecular weight is 863 g/mol. The van der Waals surface area contributed by atoms with Crippen molar-refractivity contribution in [2.24, 2.45) is 4.99 Å². The fraction of sp³-hybridized carbons (Fsp3) is 0.318. The first-order valence-electron chi connectivity index (χ1n) is 19.9. The number of aliphatic imine (C=N–C) groups is 1. The van der Waals surface area contributed by atoms with Gasteiger partial charge in [0.15, 0.2) is 5.82 Å². The third-order valence-corrected chi connectivity index (χ3v) is 12.5. The number of carbonyl (C=O) groups is 5. The van der Waals surface area contributed by atoms with Crippen molar-refractivity contribution in [3.8, 4) is 10.8 Å². The van der Waals surface area contributed by atoms with Crippen LogP contribution in [0.25, 0.3) is 5.00 Å². The number of thiophene rings is 1. The fourth-order valence-electron chi connectivity index (χ4n) is 7.79. The molecule has 15 nitrogen and oxygen atoms in total. The van der Waals surface area contributed by atoms with Gasteiger partial charge in [-0.15, -0.1) is 21.5 Å². The van der Waals surface area contributed by atoms with Crippen LogP contribution in [-0.4, -0.2) is 87.3 Å². The van der Waals surface area contributed by atoms with Crippen molar-refractivity contribution in [3.05, 3.63) is 122 Å². The summed E-state index contributed by atoms with van der Waals surface area (Å²) in [5.74, 6) is -0.420. The van der Waals surface area contributed by atoms with E-state index < -0.39 is 35.7 Å². The van der Waals surface area contributed by atoms with Crippen LogP contribution in [0.2, 0.25) is 5.02 Å². The van der Waals surface area contributed by atoms with Crippen LogP contribution in [0.4, 0.5) is 5.69 Å². The molecule has 0 radical (unpaired) electrons. The molecule has 3 aliphatic rings. The molecule has 0 saturated carbocycles. The van der Waals surface area contributed by atoms with Crippen molar-refractivity contribution in [2.75, 3.05) is 31.7 Å². The Bertz CT molecular complexity index is 2590. The van der Waals surface area contributed by atoms with Crippen LogP contribution in [0, 0.1) is 20.8 Å². The van der Waals surface area contributed by atoms with E-state index in [9.17, 15) is 24.0 Å². The number of ether oxygens (including phenoxy) is 2. The lowest BCUT2D eigenvalue weighted by molar-refractivity contribution is -0.136. The van der Waals surface area contributed by atoms with Gasteiger partial charge in [0.25, 0.3) is 11.8 Å². The summed E-state index contributed by atoms with van der Waals surface area (Å²) >= 11 is 7.91. The number of benzene rings is 3. The van der Waals surface area contributed by atoms with Gasteiger partial charge in [0.1, 0.15) is 35.3 Å². The summed E-state index contributed by atoms with van der Waals surface area (Å²) in [6.45, 7) is 9.24. The van der Waals surface area contributed by atoms with Crippen LogP contribution in [0.5, 0.6) is 5.75 Å². The SMILES string of the molecule is Cc1sc2c(c1C)C(c1ccc(Cl)cc1)=N[C@@H](CC(=O)N[C@@H](C)c1ccc(OCCOCCNc3cccc4c3C(=O)N(C3CCC(=O)NC3=O)C4=O)cc1)c1nnc(C)n1-2. The second-order valence-electron chi connectivity index (χ2n) is 15.0.